The fourth-order valence-corrected chi connectivity index (χ4v) is 5.28. The Morgan fingerprint density at radius 3 is 2.55 bits per heavy atom. The molecule has 38 heavy (non-hydrogen) atoms. The van der Waals surface area contributed by atoms with Crippen LogP contribution in [0.15, 0.2) is 23.0 Å². The first-order chi connectivity index (χ1) is 17.9. The molecule has 208 valence electrons. The van der Waals surface area contributed by atoms with Crippen molar-refractivity contribution in [2.24, 2.45) is 7.05 Å². The molecule has 1 aromatic carbocycles. The van der Waals surface area contributed by atoms with E-state index in [9.17, 15) is 19.2 Å². The van der Waals surface area contributed by atoms with Crippen molar-refractivity contribution < 1.29 is 19.1 Å². The number of imide groups is 1. The van der Waals surface area contributed by atoms with E-state index in [1.807, 2.05) is 39.0 Å². The van der Waals surface area contributed by atoms with Crippen LogP contribution in [0.1, 0.15) is 53.0 Å². The third-order valence-corrected chi connectivity index (χ3v) is 7.37. The number of hydrogen-bond acceptors (Lipinski definition) is 7. The second-order valence-electron chi connectivity index (χ2n) is 11.4. The van der Waals surface area contributed by atoms with Crippen LogP contribution in [0.4, 0.5) is 10.5 Å². The van der Waals surface area contributed by atoms with Gasteiger partial charge in [0.05, 0.1) is 11.0 Å². The van der Waals surface area contributed by atoms with Crippen molar-refractivity contribution >= 4 is 34.6 Å². The van der Waals surface area contributed by atoms with Crippen molar-refractivity contribution in [2.75, 3.05) is 44.7 Å². The lowest BCUT2D eigenvalue weighted by Crippen LogP contribution is -2.52. The predicted molar refractivity (Wildman–Crippen MR) is 145 cm³/mol. The number of nitrogens with zero attached hydrogens (tertiary/aromatic N) is 5. The van der Waals surface area contributed by atoms with Crippen LogP contribution in [0.3, 0.4) is 0 Å². The van der Waals surface area contributed by atoms with Gasteiger partial charge in [0, 0.05) is 65.0 Å². The number of fused-ring (bicyclic) bond motifs is 1. The van der Waals surface area contributed by atoms with Crippen molar-refractivity contribution in [3.05, 3.63) is 28.7 Å². The summed E-state index contributed by atoms with van der Waals surface area (Å²) in [6.45, 7) is 11.9. The molecule has 2 unspecified atom stereocenters. The summed E-state index contributed by atoms with van der Waals surface area (Å²) in [5.41, 5.74) is 1.72. The molecule has 0 radical (unpaired) electrons. The molecule has 0 saturated carbocycles. The molecule has 2 aliphatic heterocycles. The maximum absolute atomic E-state index is 13.1. The second kappa shape index (κ2) is 10.8. The van der Waals surface area contributed by atoms with E-state index < -0.39 is 17.6 Å². The zero-order valence-electron chi connectivity index (χ0n) is 23.3. The fourth-order valence-electron chi connectivity index (χ4n) is 5.28. The van der Waals surface area contributed by atoms with Gasteiger partial charge in [-0.1, -0.05) is 0 Å². The first kappa shape index (κ1) is 27.7. The van der Waals surface area contributed by atoms with Gasteiger partial charge in [-0.05, 0) is 58.7 Å². The summed E-state index contributed by atoms with van der Waals surface area (Å²) in [7, 11) is 3.48. The lowest BCUT2D eigenvalue weighted by Gasteiger charge is -2.41. The Balaban J connectivity index is 1.39. The molecule has 2 saturated heterocycles. The number of benzene rings is 1. The quantitative estimate of drug-likeness (QED) is 0.572. The number of anilines is 1. The smallest absolute Gasteiger partial charge is 0.410 e. The lowest BCUT2D eigenvalue weighted by atomic mass is 10.1. The molecule has 2 fully saturated rings. The van der Waals surface area contributed by atoms with Gasteiger partial charge in [-0.2, -0.15) is 0 Å². The number of rotatable bonds is 6. The van der Waals surface area contributed by atoms with Crippen molar-refractivity contribution in [2.45, 2.75) is 64.6 Å². The Kier molecular flexibility index (Phi) is 7.87. The van der Waals surface area contributed by atoms with Crippen LogP contribution in [0.25, 0.3) is 11.0 Å². The maximum Gasteiger partial charge on any atom is 0.410 e. The van der Waals surface area contributed by atoms with Crippen molar-refractivity contribution in [1.29, 1.82) is 0 Å². The minimum Gasteiger partial charge on any atom is -0.444 e. The Bertz CT molecular complexity index is 1280. The minimum atomic E-state index is -0.687. The van der Waals surface area contributed by atoms with Crippen LogP contribution in [0.5, 0.6) is 0 Å². The largest absolute Gasteiger partial charge is 0.444 e. The summed E-state index contributed by atoms with van der Waals surface area (Å²) in [4.78, 5) is 55.7. The molecule has 0 spiro atoms. The van der Waals surface area contributed by atoms with E-state index in [-0.39, 0.29) is 24.1 Å². The molecule has 2 atom stereocenters. The highest BCUT2D eigenvalue weighted by molar-refractivity contribution is 6.00. The third-order valence-electron chi connectivity index (χ3n) is 7.37. The van der Waals surface area contributed by atoms with Crippen LogP contribution in [0.2, 0.25) is 0 Å². The zero-order chi connectivity index (χ0) is 27.8. The number of piperazine rings is 1. The Hall–Kier alpha value is -3.34. The number of carbonyl (C=O) groups excluding carboxylic acids is 3. The molecule has 1 aromatic heterocycles. The molecule has 3 heterocycles. The van der Waals surface area contributed by atoms with E-state index in [0.29, 0.717) is 24.5 Å². The fraction of sp³-hybridized carbons (Fsp3) is 0.630. The second-order valence-corrected chi connectivity index (χ2v) is 11.4. The van der Waals surface area contributed by atoms with Gasteiger partial charge in [0.2, 0.25) is 11.8 Å². The van der Waals surface area contributed by atoms with E-state index in [1.54, 1.807) is 23.6 Å². The number of aryl methyl sites for hydroxylation is 1. The Morgan fingerprint density at radius 1 is 1.16 bits per heavy atom. The standard InChI is InChI=1S/C27H40N6O5/c1-18-17-32(15-14-31(18)13-7-12-29(5)26(37)38-27(2,3)4)19-8-9-20-22(16-19)30(6)25(36)33(20)21-10-11-23(34)28-24(21)35/h8-9,16,18,21H,7,10-15,17H2,1-6H3,(H,28,34,35). The molecular formula is C27H40N6O5. The number of carbonyl (C=O) groups is 3. The van der Waals surface area contributed by atoms with Gasteiger partial charge < -0.3 is 14.5 Å². The Labute approximate surface area is 223 Å². The normalized spacial score (nSPS) is 21.1. The summed E-state index contributed by atoms with van der Waals surface area (Å²) >= 11 is 0. The number of imidazole rings is 1. The van der Waals surface area contributed by atoms with E-state index >= 15 is 0 Å². The molecule has 2 aromatic rings. The van der Waals surface area contributed by atoms with Crippen LogP contribution >= 0.6 is 0 Å². The van der Waals surface area contributed by atoms with Crippen molar-refractivity contribution in [3.8, 4) is 0 Å². The van der Waals surface area contributed by atoms with Crippen LogP contribution in [-0.2, 0) is 21.4 Å². The maximum atomic E-state index is 13.1. The number of nitrogens with one attached hydrogen (secondary N) is 1. The van der Waals surface area contributed by atoms with E-state index in [4.69, 9.17) is 4.74 Å². The van der Waals surface area contributed by atoms with Crippen LogP contribution in [0, 0.1) is 0 Å². The average molecular weight is 529 g/mol. The molecule has 1 N–H and O–H groups in total. The molecule has 0 bridgehead atoms. The number of piperidine rings is 1. The molecule has 4 rings (SSSR count). The van der Waals surface area contributed by atoms with Crippen molar-refractivity contribution in [1.82, 2.24) is 24.3 Å². The summed E-state index contributed by atoms with van der Waals surface area (Å²) < 4.78 is 8.51. The first-order valence-electron chi connectivity index (χ1n) is 13.3. The van der Waals surface area contributed by atoms with Crippen molar-refractivity contribution in [3.63, 3.8) is 0 Å². The molecule has 11 nitrogen and oxygen atoms in total. The zero-order valence-corrected chi connectivity index (χ0v) is 23.3. The van der Waals surface area contributed by atoms with Crippen LogP contribution in [-0.4, -0.2) is 88.3 Å². The Morgan fingerprint density at radius 2 is 1.89 bits per heavy atom. The molecular weight excluding hydrogens is 488 g/mol. The SMILES string of the molecule is CC1CN(c2ccc3c(c2)n(C)c(=O)n3C2CCC(=O)NC2=O)CCN1CCCN(C)C(=O)OC(C)(C)C. The van der Waals surface area contributed by atoms with Gasteiger partial charge in [-0.25, -0.2) is 9.59 Å². The van der Waals surface area contributed by atoms with E-state index in [0.717, 1.165) is 43.8 Å². The molecule has 2 aliphatic rings. The highest BCUT2D eigenvalue weighted by atomic mass is 16.6. The van der Waals surface area contributed by atoms with Gasteiger partial charge in [0.25, 0.3) is 0 Å². The van der Waals surface area contributed by atoms with Gasteiger partial charge in [-0.15, -0.1) is 0 Å². The minimum absolute atomic E-state index is 0.219. The average Bonchev–Trinajstić information content (AvgIpc) is 3.08. The van der Waals surface area contributed by atoms with Gasteiger partial charge in [0.15, 0.2) is 0 Å². The predicted octanol–water partition coefficient (Wildman–Crippen LogP) is 2.09. The highest BCUT2D eigenvalue weighted by Crippen LogP contribution is 2.27. The molecule has 11 heteroatoms. The summed E-state index contributed by atoms with van der Waals surface area (Å²) in [6, 6.07) is 5.55. The summed E-state index contributed by atoms with van der Waals surface area (Å²) in [5, 5.41) is 2.35. The number of amides is 3. The summed E-state index contributed by atoms with van der Waals surface area (Å²) in [6.07, 6.45) is 1.10. The topological polar surface area (TPSA) is 109 Å². The van der Waals surface area contributed by atoms with E-state index in [2.05, 4.69) is 22.0 Å². The number of hydrogen-bond donors (Lipinski definition) is 1. The highest BCUT2D eigenvalue weighted by Gasteiger charge is 2.32. The first-order valence-corrected chi connectivity index (χ1v) is 13.3. The molecule has 3 amide bonds. The monoisotopic (exact) mass is 528 g/mol. The van der Waals surface area contributed by atoms with Gasteiger partial charge >= 0.3 is 11.8 Å². The van der Waals surface area contributed by atoms with Crippen LogP contribution < -0.4 is 15.9 Å². The van der Waals surface area contributed by atoms with E-state index in [1.165, 1.54) is 4.57 Å². The third kappa shape index (κ3) is 5.87. The molecule has 0 aliphatic carbocycles. The lowest BCUT2D eigenvalue weighted by molar-refractivity contribution is -0.135. The van der Waals surface area contributed by atoms with Gasteiger partial charge in [0.1, 0.15) is 11.6 Å². The summed E-state index contributed by atoms with van der Waals surface area (Å²) in [5.74, 6) is -0.729. The number of ether oxygens (including phenoxy) is 1. The van der Waals surface area contributed by atoms with Gasteiger partial charge in [-0.3, -0.25) is 28.9 Å². The number of aromatic nitrogens is 2.